The first-order valence-electron chi connectivity index (χ1n) is 11.7. The SMILES string of the molecule is CCCCCCCCCCCCCCCc1cc(OCc2nnc(N)o2)ccc1Cl. The molecular formula is C24H38ClN3O2. The second-order valence-electron chi connectivity index (χ2n) is 8.07. The van der Waals surface area contributed by atoms with Crippen molar-refractivity contribution in [3.63, 3.8) is 0 Å². The van der Waals surface area contributed by atoms with Crippen molar-refractivity contribution < 1.29 is 9.15 Å². The van der Waals surface area contributed by atoms with E-state index < -0.39 is 0 Å². The van der Waals surface area contributed by atoms with Crippen molar-refractivity contribution in [1.82, 2.24) is 10.2 Å². The molecule has 30 heavy (non-hydrogen) atoms. The monoisotopic (exact) mass is 435 g/mol. The Kier molecular flexibility index (Phi) is 12.4. The minimum Gasteiger partial charge on any atom is -0.484 e. The molecule has 0 fully saturated rings. The van der Waals surface area contributed by atoms with Gasteiger partial charge in [0.2, 0.25) is 0 Å². The van der Waals surface area contributed by atoms with Crippen molar-refractivity contribution in [1.29, 1.82) is 0 Å². The maximum Gasteiger partial charge on any atom is 0.312 e. The summed E-state index contributed by atoms with van der Waals surface area (Å²) in [6.45, 7) is 2.47. The second kappa shape index (κ2) is 15.1. The van der Waals surface area contributed by atoms with Crippen LogP contribution in [0.5, 0.6) is 5.75 Å². The van der Waals surface area contributed by atoms with Crippen molar-refractivity contribution in [2.24, 2.45) is 0 Å². The largest absolute Gasteiger partial charge is 0.484 e. The van der Waals surface area contributed by atoms with Gasteiger partial charge in [-0.2, -0.15) is 0 Å². The molecule has 5 nitrogen and oxygen atoms in total. The number of ether oxygens (including phenoxy) is 1. The average molecular weight is 436 g/mol. The van der Waals surface area contributed by atoms with E-state index in [1.807, 2.05) is 18.2 Å². The molecule has 0 bridgehead atoms. The summed E-state index contributed by atoms with van der Waals surface area (Å²) in [5.41, 5.74) is 6.55. The summed E-state index contributed by atoms with van der Waals surface area (Å²) in [5.74, 6) is 1.11. The van der Waals surface area contributed by atoms with Gasteiger partial charge in [0.05, 0.1) is 0 Å². The molecule has 2 aromatic rings. The van der Waals surface area contributed by atoms with Crippen LogP contribution < -0.4 is 10.5 Å². The maximum atomic E-state index is 6.35. The molecule has 2 rings (SSSR count). The minimum absolute atomic E-state index is 0.0489. The van der Waals surface area contributed by atoms with Crippen LogP contribution in [0.15, 0.2) is 22.6 Å². The van der Waals surface area contributed by atoms with E-state index in [1.165, 1.54) is 77.0 Å². The molecule has 6 heteroatoms. The van der Waals surface area contributed by atoms with Crippen molar-refractivity contribution in [3.05, 3.63) is 34.7 Å². The minimum atomic E-state index is 0.0489. The molecular weight excluding hydrogens is 398 g/mol. The van der Waals surface area contributed by atoms with Crippen LogP contribution >= 0.6 is 11.6 Å². The summed E-state index contributed by atoms with van der Waals surface area (Å²) in [6, 6.07) is 5.79. The van der Waals surface area contributed by atoms with Gasteiger partial charge in [-0.25, -0.2) is 0 Å². The highest BCUT2D eigenvalue weighted by Gasteiger charge is 2.07. The highest BCUT2D eigenvalue weighted by atomic mass is 35.5. The van der Waals surface area contributed by atoms with E-state index in [1.54, 1.807) is 0 Å². The second-order valence-corrected chi connectivity index (χ2v) is 8.48. The fourth-order valence-corrected chi connectivity index (χ4v) is 3.85. The third-order valence-electron chi connectivity index (χ3n) is 5.41. The van der Waals surface area contributed by atoms with Gasteiger partial charge in [-0.05, 0) is 36.6 Å². The van der Waals surface area contributed by atoms with Crippen LogP contribution in [0, 0.1) is 0 Å². The van der Waals surface area contributed by atoms with Crippen LogP contribution in [0.1, 0.15) is 102 Å². The lowest BCUT2D eigenvalue weighted by molar-refractivity contribution is 0.264. The topological polar surface area (TPSA) is 74.2 Å². The van der Waals surface area contributed by atoms with E-state index in [0.717, 1.165) is 29.2 Å². The Morgan fingerprint density at radius 2 is 1.47 bits per heavy atom. The smallest absolute Gasteiger partial charge is 0.312 e. The van der Waals surface area contributed by atoms with E-state index >= 15 is 0 Å². The lowest BCUT2D eigenvalue weighted by Gasteiger charge is -2.09. The van der Waals surface area contributed by atoms with Crippen LogP contribution in [-0.2, 0) is 13.0 Å². The fraction of sp³-hybridized carbons (Fsp3) is 0.667. The van der Waals surface area contributed by atoms with Gasteiger partial charge in [0, 0.05) is 5.02 Å². The van der Waals surface area contributed by atoms with Crippen LogP contribution in [0.25, 0.3) is 0 Å². The van der Waals surface area contributed by atoms with Gasteiger partial charge >= 0.3 is 6.01 Å². The Labute approximate surface area is 186 Å². The maximum absolute atomic E-state index is 6.35. The predicted octanol–water partition coefficient (Wildman–Crippen LogP) is 7.52. The number of anilines is 1. The zero-order valence-electron chi connectivity index (χ0n) is 18.5. The van der Waals surface area contributed by atoms with Gasteiger partial charge in [0.1, 0.15) is 5.75 Å². The zero-order valence-corrected chi connectivity index (χ0v) is 19.3. The van der Waals surface area contributed by atoms with Gasteiger partial charge in [0.15, 0.2) is 6.61 Å². The third-order valence-corrected chi connectivity index (χ3v) is 5.78. The number of aryl methyl sites for hydroxylation is 1. The molecule has 0 spiro atoms. The first kappa shape index (κ1) is 24.5. The number of hydrogen-bond acceptors (Lipinski definition) is 5. The Morgan fingerprint density at radius 3 is 2.03 bits per heavy atom. The first-order valence-corrected chi connectivity index (χ1v) is 12.1. The highest BCUT2D eigenvalue weighted by Crippen LogP contribution is 2.25. The average Bonchev–Trinajstić information content (AvgIpc) is 3.16. The van der Waals surface area contributed by atoms with Crippen LogP contribution in [0.2, 0.25) is 5.02 Å². The van der Waals surface area contributed by atoms with Crippen molar-refractivity contribution in [3.8, 4) is 5.75 Å². The Hall–Kier alpha value is -1.75. The number of nitrogen functional groups attached to an aromatic ring is 1. The van der Waals surface area contributed by atoms with Crippen LogP contribution in [0.3, 0.4) is 0 Å². The van der Waals surface area contributed by atoms with E-state index in [4.69, 9.17) is 26.5 Å². The lowest BCUT2D eigenvalue weighted by atomic mass is 10.0. The molecule has 1 aromatic heterocycles. The molecule has 0 aliphatic rings. The standard InChI is InChI=1S/C24H38ClN3O2/c1-2-3-4-5-6-7-8-9-10-11-12-13-14-15-20-18-21(16-17-22(20)25)29-19-23-27-28-24(26)30-23/h16-18H,2-15,19H2,1H3,(H2,26,28). The van der Waals surface area contributed by atoms with Crippen LogP contribution in [0.4, 0.5) is 6.01 Å². The summed E-state index contributed by atoms with van der Waals surface area (Å²) in [5, 5.41) is 8.21. The van der Waals surface area contributed by atoms with E-state index in [2.05, 4.69) is 17.1 Å². The number of benzene rings is 1. The molecule has 1 aromatic carbocycles. The quantitative estimate of drug-likeness (QED) is 0.260. The normalized spacial score (nSPS) is 11.1. The summed E-state index contributed by atoms with van der Waals surface area (Å²) in [4.78, 5) is 0. The van der Waals surface area contributed by atoms with Crippen molar-refractivity contribution in [2.45, 2.75) is 103 Å². The lowest BCUT2D eigenvalue weighted by Crippen LogP contribution is -1.97. The molecule has 1 heterocycles. The number of nitrogens with two attached hydrogens (primary N) is 1. The summed E-state index contributed by atoms with van der Waals surface area (Å²) < 4.78 is 10.8. The molecule has 0 saturated carbocycles. The Bertz CT molecular complexity index is 706. The van der Waals surface area contributed by atoms with E-state index in [9.17, 15) is 0 Å². The number of rotatable bonds is 17. The number of aromatic nitrogens is 2. The Morgan fingerprint density at radius 1 is 0.867 bits per heavy atom. The molecule has 0 saturated heterocycles. The highest BCUT2D eigenvalue weighted by molar-refractivity contribution is 6.31. The zero-order chi connectivity index (χ0) is 21.4. The fourth-order valence-electron chi connectivity index (χ4n) is 3.64. The number of halogens is 1. The molecule has 2 N–H and O–H groups in total. The molecule has 0 atom stereocenters. The third kappa shape index (κ3) is 10.3. The molecule has 0 amide bonds. The van der Waals surface area contributed by atoms with Gasteiger partial charge in [0.25, 0.3) is 5.89 Å². The van der Waals surface area contributed by atoms with E-state index in [-0.39, 0.29) is 12.6 Å². The number of unbranched alkanes of at least 4 members (excludes halogenated alkanes) is 12. The van der Waals surface area contributed by atoms with E-state index in [0.29, 0.717) is 5.89 Å². The van der Waals surface area contributed by atoms with Gasteiger partial charge < -0.3 is 14.9 Å². The Balaban J connectivity index is 1.52. The summed E-state index contributed by atoms with van der Waals surface area (Å²) in [6.07, 6.45) is 18.6. The summed E-state index contributed by atoms with van der Waals surface area (Å²) in [7, 11) is 0. The molecule has 168 valence electrons. The number of nitrogens with zero attached hydrogens (tertiary/aromatic N) is 2. The molecule has 0 radical (unpaired) electrons. The first-order chi connectivity index (χ1) is 14.7. The van der Waals surface area contributed by atoms with Crippen LogP contribution in [-0.4, -0.2) is 10.2 Å². The van der Waals surface area contributed by atoms with Gasteiger partial charge in [-0.3, -0.25) is 0 Å². The van der Waals surface area contributed by atoms with Crippen molar-refractivity contribution >= 4 is 17.6 Å². The van der Waals surface area contributed by atoms with Crippen molar-refractivity contribution in [2.75, 3.05) is 5.73 Å². The predicted molar refractivity (Wildman–Crippen MR) is 124 cm³/mol. The summed E-state index contributed by atoms with van der Waals surface area (Å²) >= 11 is 6.35. The number of hydrogen-bond donors (Lipinski definition) is 1. The van der Waals surface area contributed by atoms with Gasteiger partial charge in [-0.15, -0.1) is 5.10 Å². The molecule has 0 aliphatic carbocycles. The van der Waals surface area contributed by atoms with Gasteiger partial charge in [-0.1, -0.05) is 101 Å². The molecule has 0 aliphatic heterocycles. The molecule has 0 unspecified atom stereocenters.